The Balaban J connectivity index is 1.69. The van der Waals surface area contributed by atoms with Crippen LogP contribution in [0.15, 0.2) is 18.2 Å². The summed E-state index contributed by atoms with van der Waals surface area (Å²) in [4.78, 5) is 26.6. The first-order valence-corrected chi connectivity index (χ1v) is 8.36. The number of nitrogens with one attached hydrogen (secondary N) is 2. The van der Waals surface area contributed by atoms with Crippen LogP contribution >= 0.6 is 0 Å². The molecule has 2 amide bonds. The van der Waals surface area contributed by atoms with Crippen LogP contribution in [-0.4, -0.2) is 54.1 Å². The summed E-state index contributed by atoms with van der Waals surface area (Å²) in [6, 6.07) is 5.23. The number of carbonyl (C=O) groups excluding carboxylic acids is 2. The molecule has 2 aliphatic heterocycles. The lowest BCUT2D eigenvalue weighted by atomic mass is 9.85. The highest BCUT2D eigenvalue weighted by atomic mass is 16.3. The van der Waals surface area contributed by atoms with Crippen molar-refractivity contribution in [3.05, 3.63) is 29.3 Å². The number of aliphatic hydroxyl groups is 1. The molecule has 0 saturated carbocycles. The second-order valence-electron chi connectivity index (χ2n) is 7.55. The molecule has 2 heterocycles. The summed E-state index contributed by atoms with van der Waals surface area (Å²) in [7, 11) is 2.03. The molecule has 0 bridgehead atoms. The van der Waals surface area contributed by atoms with Crippen LogP contribution in [0.2, 0.25) is 0 Å². The standard InChI is InChI=1S/C18H25N3O3/c1-17(2)13-10-12(4-5-14(13)20-16(17)23)15(22)19-11-18(24)6-8-21(3)9-7-18/h4-5,10,24H,6-9,11H2,1-3H3,(H,19,22)(H,20,23). The van der Waals surface area contributed by atoms with E-state index in [9.17, 15) is 14.7 Å². The van der Waals surface area contributed by atoms with E-state index in [1.807, 2.05) is 20.9 Å². The molecule has 0 aromatic heterocycles. The second kappa shape index (κ2) is 5.86. The molecule has 3 N–H and O–H groups in total. The van der Waals surface area contributed by atoms with Crippen LogP contribution in [0, 0.1) is 0 Å². The van der Waals surface area contributed by atoms with Gasteiger partial charge >= 0.3 is 0 Å². The predicted molar refractivity (Wildman–Crippen MR) is 92.1 cm³/mol. The minimum Gasteiger partial charge on any atom is -0.388 e. The first-order chi connectivity index (χ1) is 11.2. The summed E-state index contributed by atoms with van der Waals surface area (Å²) < 4.78 is 0. The van der Waals surface area contributed by atoms with E-state index in [1.54, 1.807) is 18.2 Å². The molecule has 1 aromatic carbocycles. The molecule has 6 nitrogen and oxygen atoms in total. The van der Waals surface area contributed by atoms with Crippen LogP contribution in [0.1, 0.15) is 42.6 Å². The molecule has 0 unspecified atom stereocenters. The fourth-order valence-corrected chi connectivity index (χ4v) is 3.27. The van der Waals surface area contributed by atoms with Crippen molar-refractivity contribution in [2.45, 2.75) is 37.7 Å². The molecular weight excluding hydrogens is 306 g/mol. The molecule has 1 fully saturated rings. The van der Waals surface area contributed by atoms with Gasteiger partial charge in [-0.25, -0.2) is 0 Å². The van der Waals surface area contributed by atoms with Crippen LogP contribution in [0.5, 0.6) is 0 Å². The molecular formula is C18H25N3O3. The smallest absolute Gasteiger partial charge is 0.251 e. The van der Waals surface area contributed by atoms with E-state index in [1.165, 1.54) is 0 Å². The highest BCUT2D eigenvalue weighted by Crippen LogP contribution is 2.37. The second-order valence-corrected chi connectivity index (χ2v) is 7.55. The molecule has 1 saturated heterocycles. The molecule has 0 spiro atoms. The number of hydrogen-bond acceptors (Lipinski definition) is 4. The molecule has 0 aliphatic carbocycles. The van der Waals surface area contributed by atoms with Crippen molar-refractivity contribution in [3.8, 4) is 0 Å². The number of amides is 2. The van der Waals surface area contributed by atoms with Gasteiger partial charge in [0.15, 0.2) is 0 Å². The van der Waals surface area contributed by atoms with Crippen molar-refractivity contribution < 1.29 is 14.7 Å². The molecule has 130 valence electrons. The number of carbonyl (C=O) groups is 2. The maximum atomic E-state index is 12.4. The number of nitrogens with zero attached hydrogens (tertiary/aromatic N) is 1. The average molecular weight is 331 g/mol. The number of likely N-dealkylation sites (tertiary alicyclic amines) is 1. The van der Waals surface area contributed by atoms with Crippen LogP contribution in [0.4, 0.5) is 5.69 Å². The van der Waals surface area contributed by atoms with Gasteiger partial charge in [0.1, 0.15) is 0 Å². The predicted octanol–water partition coefficient (Wildman–Crippen LogP) is 1.10. The van der Waals surface area contributed by atoms with Crippen molar-refractivity contribution in [1.82, 2.24) is 10.2 Å². The van der Waals surface area contributed by atoms with Crippen molar-refractivity contribution in [1.29, 1.82) is 0 Å². The maximum absolute atomic E-state index is 12.4. The Kier molecular flexibility index (Phi) is 4.13. The number of hydrogen-bond donors (Lipinski definition) is 3. The fraction of sp³-hybridized carbons (Fsp3) is 0.556. The van der Waals surface area contributed by atoms with Gasteiger partial charge in [-0.15, -0.1) is 0 Å². The van der Waals surface area contributed by atoms with Crippen LogP contribution in [0.25, 0.3) is 0 Å². The van der Waals surface area contributed by atoms with Gasteiger partial charge in [0, 0.05) is 30.9 Å². The van der Waals surface area contributed by atoms with E-state index < -0.39 is 11.0 Å². The van der Waals surface area contributed by atoms with Gasteiger partial charge in [-0.3, -0.25) is 9.59 Å². The summed E-state index contributed by atoms with van der Waals surface area (Å²) in [6.07, 6.45) is 1.30. The Bertz CT molecular complexity index is 676. The van der Waals surface area contributed by atoms with Gasteiger partial charge in [0.25, 0.3) is 5.91 Å². The average Bonchev–Trinajstić information content (AvgIpc) is 2.78. The summed E-state index contributed by atoms with van der Waals surface area (Å²) in [5, 5.41) is 16.2. The lowest BCUT2D eigenvalue weighted by molar-refractivity contribution is -0.119. The lowest BCUT2D eigenvalue weighted by Gasteiger charge is -2.36. The zero-order chi connectivity index (χ0) is 17.5. The van der Waals surface area contributed by atoms with E-state index in [0.717, 1.165) is 24.3 Å². The maximum Gasteiger partial charge on any atom is 0.251 e. The Morgan fingerprint density at radius 3 is 2.67 bits per heavy atom. The molecule has 2 aliphatic rings. The van der Waals surface area contributed by atoms with Gasteiger partial charge in [0.2, 0.25) is 5.91 Å². The zero-order valence-electron chi connectivity index (χ0n) is 14.5. The largest absolute Gasteiger partial charge is 0.388 e. The van der Waals surface area contributed by atoms with E-state index in [-0.39, 0.29) is 18.4 Å². The molecule has 0 radical (unpaired) electrons. The highest BCUT2D eigenvalue weighted by Gasteiger charge is 2.38. The topological polar surface area (TPSA) is 81.7 Å². The Hall–Kier alpha value is -1.92. The first-order valence-electron chi connectivity index (χ1n) is 8.36. The Morgan fingerprint density at radius 1 is 1.33 bits per heavy atom. The Morgan fingerprint density at radius 2 is 2.00 bits per heavy atom. The normalized spacial score (nSPS) is 21.9. The van der Waals surface area contributed by atoms with Crippen molar-refractivity contribution >= 4 is 17.5 Å². The summed E-state index contributed by atoms with van der Waals surface area (Å²) in [6.45, 7) is 5.59. The summed E-state index contributed by atoms with van der Waals surface area (Å²) >= 11 is 0. The highest BCUT2D eigenvalue weighted by molar-refractivity contribution is 6.07. The summed E-state index contributed by atoms with van der Waals surface area (Å²) in [5.41, 5.74) is 0.622. The number of benzene rings is 1. The van der Waals surface area contributed by atoms with Crippen LogP contribution in [0.3, 0.4) is 0 Å². The van der Waals surface area contributed by atoms with Gasteiger partial charge in [-0.05, 0) is 57.5 Å². The number of piperidine rings is 1. The quantitative estimate of drug-likeness (QED) is 0.775. The van der Waals surface area contributed by atoms with Gasteiger partial charge in [-0.1, -0.05) is 0 Å². The summed E-state index contributed by atoms with van der Waals surface area (Å²) in [5.74, 6) is -0.281. The molecule has 6 heteroatoms. The first kappa shape index (κ1) is 16.9. The van der Waals surface area contributed by atoms with Crippen molar-refractivity contribution in [2.75, 3.05) is 32.0 Å². The van der Waals surface area contributed by atoms with Crippen LogP contribution < -0.4 is 10.6 Å². The van der Waals surface area contributed by atoms with E-state index in [2.05, 4.69) is 15.5 Å². The molecule has 1 aromatic rings. The van der Waals surface area contributed by atoms with Gasteiger partial charge in [-0.2, -0.15) is 0 Å². The van der Waals surface area contributed by atoms with E-state index >= 15 is 0 Å². The Labute approximate surface area is 142 Å². The lowest BCUT2D eigenvalue weighted by Crippen LogP contribution is -2.50. The van der Waals surface area contributed by atoms with Crippen molar-refractivity contribution in [3.63, 3.8) is 0 Å². The minimum absolute atomic E-state index is 0.0595. The number of fused-ring (bicyclic) bond motifs is 1. The molecule has 3 rings (SSSR count). The fourth-order valence-electron chi connectivity index (χ4n) is 3.27. The van der Waals surface area contributed by atoms with Crippen molar-refractivity contribution in [2.24, 2.45) is 0 Å². The monoisotopic (exact) mass is 331 g/mol. The number of anilines is 1. The van der Waals surface area contributed by atoms with E-state index in [0.29, 0.717) is 18.4 Å². The molecule has 0 atom stereocenters. The third kappa shape index (κ3) is 3.03. The van der Waals surface area contributed by atoms with Gasteiger partial charge in [0.05, 0.1) is 11.0 Å². The minimum atomic E-state index is -0.838. The molecule has 24 heavy (non-hydrogen) atoms. The zero-order valence-corrected chi connectivity index (χ0v) is 14.5. The third-order valence-corrected chi connectivity index (χ3v) is 5.27. The van der Waals surface area contributed by atoms with Crippen LogP contribution in [-0.2, 0) is 10.2 Å². The van der Waals surface area contributed by atoms with E-state index in [4.69, 9.17) is 0 Å². The number of rotatable bonds is 3. The SMILES string of the molecule is CN1CCC(O)(CNC(=O)c2ccc3c(c2)C(C)(C)C(=O)N3)CC1. The third-order valence-electron chi connectivity index (χ3n) is 5.27. The van der Waals surface area contributed by atoms with Gasteiger partial charge < -0.3 is 20.6 Å².